The van der Waals surface area contributed by atoms with Crippen LogP contribution in [0, 0.1) is 0 Å². The highest BCUT2D eigenvalue weighted by atomic mass is 79.9. The van der Waals surface area contributed by atoms with Crippen molar-refractivity contribution >= 4 is 58.0 Å². The minimum atomic E-state index is 1.06. The first kappa shape index (κ1) is 11.9. The Bertz CT molecular complexity index is 205. The summed E-state index contributed by atoms with van der Waals surface area (Å²) in [6, 6.07) is 5.93. The van der Waals surface area contributed by atoms with Crippen molar-refractivity contribution < 1.29 is 0 Å². The summed E-state index contributed by atoms with van der Waals surface area (Å²) >= 11 is 10.1. The van der Waals surface area contributed by atoms with Crippen LogP contribution in [0.15, 0.2) is 31.6 Å². The second-order valence-corrected chi connectivity index (χ2v) is 4.04. The van der Waals surface area contributed by atoms with Crippen molar-refractivity contribution in [3.8, 4) is 0 Å². The summed E-state index contributed by atoms with van der Waals surface area (Å²) in [4.78, 5) is 0. The molecule has 4 heteroatoms. The van der Waals surface area contributed by atoms with E-state index in [-0.39, 0.29) is 0 Å². The lowest BCUT2D eigenvalue weighted by atomic mass is 10.4. The average Bonchev–Trinajstić information content (AvgIpc) is 2.04. The normalized spacial score (nSPS) is 8.45. The van der Waals surface area contributed by atoms with Gasteiger partial charge in [-0.05, 0) is 59.9 Å². The third-order valence-electron chi connectivity index (χ3n) is 0.904. The van der Waals surface area contributed by atoms with E-state index in [1.807, 2.05) is 18.2 Å². The van der Waals surface area contributed by atoms with Crippen LogP contribution in [-0.4, -0.2) is 10.2 Å². The number of rotatable bonds is 0. The van der Waals surface area contributed by atoms with E-state index in [9.17, 15) is 0 Å². The number of halogens is 3. The molecule has 0 atom stereocenters. The van der Waals surface area contributed by atoms with E-state index in [0.29, 0.717) is 0 Å². The molecular weight excluding hydrogens is 352 g/mol. The van der Waals surface area contributed by atoms with Crippen molar-refractivity contribution in [2.75, 3.05) is 0 Å². The van der Waals surface area contributed by atoms with E-state index in [4.69, 9.17) is 0 Å². The minimum absolute atomic E-state index is 1.06. The molecule has 1 aromatic carbocycles. The van der Waals surface area contributed by atoms with Gasteiger partial charge in [0.15, 0.2) is 0 Å². The molecule has 0 amide bonds. The zero-order chi connectivity index (χ0) is 8.85. The van der Waals surface area contributed by atoms with Crippen molar-refractivity contribution in [3.05, 3.63) is 31.6 Å². The Morgan fingerprint density at radius 2 is 1.36 bits per heavy atom. The van der Waals surface area contributed by atoms with Gasteiger partial charge in [-0.2, -0.15) is 0 Å². The Balaban J connectivity index is 0.000000461. The molecule has 0 bridgehead atoms. The van der Waals surface area contributed by atoms with Gasteiger partial charge < -0.3 is 0 Å². The zero-order valence-corrected chi connectivity index (χ0v) is 11.6. The summed E-state index contributed by atoms with van der Waals surface area (Å²) in [7, 11) is 2.97. The average molecular weight is 358 g/mol. The van der Waals surface area contributed by atoms with E-state index in [0.717, 1.165) is 13.4 Å². The number of hydrogen-bond acceptors (Lipinski definition) is 0. The van der Waals surface area contributed by atoms with Crippen molar-refractivity contribution in [2.24, 2.45) is 0 Å². The van der Waals surface area contributed by atoms with Crippen molar-refractivity contribution in [1.29, 1.82) is 0 Å². The summed E-state index contributed by atoms with van der Waals surface area (Å²) in [6.45, 7) is 1.81. The molecule has 0 aliphatic rings. The van der Waals surface area contributed by atoms with Crippen LogP contribution in [-0.2, 0) is 0 Å². The van der Waals surface area contributed by atoms with Gasteiger partial charge in [0.2, 0.25) is 0 Å². The van der Waals surface area contributed by atoms with Gasteiger partial charge in [0.05, 0.1) is 0 Å². The molecule has 1 rings (SSSR count). The van der Waals surface area contributed by atoms with E-state index < -0.39 is 0 Å². The molecule has 3 radical (unpaired) electrons. The van der Waals surface area contributed by atoms with Crippen LogP contribution in [0.5, 0.6) is 0 Å². The summed E-state index contributed by atoms with van der Waals surface area (Å²) in [6.07, 6.45) is 0. The monoisotopic (exact) mass is 355 g/mol. The van der Waals surface area contributed by atoms with E-state index in [1.54, 1.807) is 6.55 Å². The molecule has 0 aromatic heterocycles. The first-order valence-electron chi connectivity index (χ1n) is 2.81. The molecule has 0 saturated carbocycles. The molecule has 11 heavy (non-hydrogen) atoms. The quantitative estimate of drug-likeness (QED) is 0.482. The fraction of sp³-hybridized carbons (Fsp3) is 0.143. The first-order valence-corrected chi connectivity index (χ1v) is 6.19. The molecule has 0 saturated heterocycles. The van der Waals surface area contributed by atoms with Gasteiger partial charge >= 0.3 is 0 Å². The van der Waals surface area contributed by atoms with Crippen LogP contribution in [0.25, 0.3) is 0 Å². The van der Waals surface area contributed by atoms with Gasteiger partial charge in [0, 0.05) is 23.7 Å². The molecule has 0 aliphatic heterocycles. The van der Waals surface area contributed by atoms with E-state index >= 15 is 0 Å². The van der Waals surface area contributed by atoms with E-state index in [1.165, 1.54) is 0 Å². The van der Waals surface area contributed by atoms with Gasteiger partial charge in [-0.1, -0.05) is 12.6 Å². The second-order valence-electron chi connectivity index (χ2n) is 1.54. The highest BCUT2D eigenvalue weighted by Crippen LogP contribution is 2.29. The van der Waals surface area contributed by atoms with Gasteiger partial charge in [-0.25, -0.2) is 0 Å². The van der Waals surface area contributed by atoms with Crippen molar-refractivity contribution in [2.45, 2.75) is 6.55 Å². The standard InChI is InChI=1S/C6H3Br3.CH3Si/c7-4-2-1-3-5(8)6(4)9;1-2/h1-3H;1H3. The minimum Gasteiger partial charge on any atom is -0.0759 e. The molecular formula is C7H6Br3Si. The van der Waals surface area contributed by atoms with Gasteiger partial charge in [-0.3, -0.25) is 0 Å². The molecule has 0 fully saturated rings. The van der Waals surface area contributed by atoms with Crippen LogP contribution in [0.3, 0.4) is 0 Å². The Morgan fingerprint density at radius 3 is 1.64 bits per heavy atom. The summed E-state index contributed by atoms with van der Waals surface area (Å²) in [5, 5.41) is 0. The Kier molecular flexibility index (Phi) is 6.91. The Labute approximate surface area is 95.6 Å². The van der Waals surface area contributed by atoms with Gasteiger partial charge in [-0.15, -0.1) is 0 Å². The molecule has 0 N–H and O–H groups in total. The summed E-state index contributed by atoms with van der Waals surface area (Å²) in [5.41, 5.74) is 0. The summed E-state index contributed by atoms with van der Waals surface area (Å²) < 4.78 is 3.19. The number of hydrogen-bond donors (Lipinski definition) is 0. The topological polar surface area (TPSA) is 0 Å². The van der Waals surface area contributed by atoms with E-state index in [2.05, 4.69) is 58.0 Å². The maximum atomic E-state index is 3.39. The fourth-order valence-electron chi connectivity index (χ4n) is 0.477. The largest absolute Gasteiger partial charge is 0.0759 e. The van der Waals surface area contributed by atoms with Crippen molar-refractivity contribution in [1.82, 2.24) is 0 Å². The SMILES string of the molecule is Brc1cccc(Br)c1Br.C[Si]. The maximum Gasteiger partial charge on any atom is 0.0459 e. The lowest BCUT2D eigenvalue weighted by molar-refractivity contribution is 1.54. The fourth-order valence-corrected chi connectivity index (χ4v) is 1.74. The second kappa shape index (κ2) is 6.40. The third kappa shape index (κ3) is 3.87. The molecule has 0 aliphatic carbocycles. The predicted molar refractivity (Wildman–Crippen MR) is 61.2 cm³/mol. The van der Waals surface area contributed by atoms with Crippen molar-refractivity contribution in [3.63, 3.8) is 0 Å². The molecule has 59 valence electrons. The summed E-state index contributed by atoms with van der Waals surface area (Å²) in [5.74, 6) is 0. The number of benzene rings is 1. The lowest BCUT2D eigenvalue weighted by Gasteiger charge is -1.95. The van der Waals surface area contributed by atoms with Crippen LogP contribution in [0.4, 0.5) is 0 Å². The molecule has 0 nitrogen and oxygen atoms in total. The highest BCUT2D eigenvalue weighted by molar-refractivity contribution is 9.14. The first-order chi connectivity index (χ1) is 5.22. The predicted octanol–water partition coefficient (Wildman–Crippen LogP) is 4.18. The maximum absolute atomic E-state index is 3.39. The van der Waals surface area contributed by atoms with Crippen LogP contribution < -0.4 is 0 Å². The lowest BCUT2D eigenvalue weighted by Crippen LogP contribution is -1.69. The van der Waals surface area contributed by atoms with Crippen LogP contribution in [0.2, 0.25) is 6.55 Å². The Morgan fingerprint density at radius 1 is 1.00 bits per heavy atom. The van der Waals surface area contributed by atoms with Gasteiger partial charge in [0.1, 0.15) is 0 Å². The zero-order valence-electron chi connectivity index (χ0n) is 5.87. The molecule has 0 unspecified atom stereocenters. The van der Waals surface area contributed by atoms with Gasteiger partial charge in [0.25, 0.3) is 0 Å². The molecule has 0 spiro atoms. The Hall–Kier alpha value is 0.877. The highest BCUT2D eigenvalue weighted by Gasteiger charge is 1.97. The third-order valence-corrected chi connectivity index (χ3v) is 4.14. The smallest absolute Gasteiger partial charge is 0.0459 e. The molecule has 0 heterocycles. The van der Waals surface area contributed by atoms with Crippen LogP contribution >= 0.6 is 47.8 Å². The molecule has 1 aromatic rings. The van der Waals surface area contributed by atoms with Crippen LogP contribution in [0.1, 0.15) is 0 Å².